The maximum Gasteiger partial charge on any atom is 0.287 e. The molecule has 0 spiro atoms. The van der Waals surface area contributed by atoms with E-state index in [1.165, 1.54) is 6.26 Å². The van der Waals surface area contributed by atoms with Crippen LogP contribution in [0.2, 0.25) is 0 Å². The first-order valence-corrected chi connectivity index (χ1v) is 7.26. The number of hydrogen-bond donors (Lipinski definition) is 2. The number of nitrogens with zero attached hydrogens (tertiary/aromatic N) is 1. The average molecular weight is 294 g/mol. The van der Waals surface area contributed by atoms with Crippen LogP contribution < -0.4 is 5.32 Å². The number of hydrogen-bond acceptors (Lipinski definition) is 4. The number of nitrogens with one attached hydrogen (secondary N) is 1. The van der Waals surface area contributed by atoms with Gasteiger partial charge in [0.05, 0.1) is 12.4 Å². The van der Waals surface area contributed by atoms with Crippen molar-refractivity contribution in [1.82, 2.24) is 10.2 Å². The Bertz CT molecular complexity index is 486. The normalized spacial score (nSPS) is 22.8. The lowest BCUT2D eigenvalue weighted by atomic mass is 10.1. The molecular weight excluding hydrogens is 272 g/mol. The molecule has 0 aromatic carbocycles. The topological polar surface area (TPSA) is 82.8 Å². The van der Waals surface area contributed by atoms with Gasteiger partial charge in [0.15, 0.2) is 5.76 Å². The van der Waals surface area contributed by atoms with Gasteiger partial charge in [-0.25, -0.2) is 0 Å². The van der Waals surface area contributed by atoms with Crippen molar-refractivity contribution in [2.24, 2.45) is 5.92 Å². The molecule has 6 nitrogen and oxygen atoms in total. The molecule has 1 saturated carbocycles. The lowest BCUT2D eigenvalue weighted by molar-refractivity contribution is -0.132. The molecule has 0 radical (unpaired) electrons. The molecular formula is C15H22N2O4. The van der Waals surface area contributed by atoms with Crippen LogP contribution >= 0.6 is 0 Å². The van der Waals surface area contributed by atoms with E-state index in [1.807, 2.05) is 0 Å². The Morgan fingerprint density at radius 3 is 2.86 bits per heavy atom. The first kappa shape index (κ1) is 15.6. The summed E-state index contributed by atoms with van der Waals surface area (Å²) in [5, 5.41) is 12.4. The second kappa shape index (κ2) is 6.76. The average Bonchev–Trinajstić information content (AvgIpc) is 3.10. The summed E-state index contributed by atoms with van der Waals surface area (Å²) < 4.78 is 4.99. The molecule has 3 unspecified atom stereocenters. The van der Waals surface area contributed by atoms with Crippen molar-refractivity contribution >= 4 is 11.8 Å². The van der Waals surface area contributed by atoms with Crippen molar-refractivity contribution in [3.63, 3.8) is 0 Å². The molecule has 2 amide bonds. The number of amides is 2. The second-order valence-electron chi connectivity index (χ2n) is 5.65. The minimum atomic E-state index is -0.633. The number of furan rings is 1. The third-order valence-corrected chi connectivity index (χ3v) is 3.97. The van der Waals surface area contributed by atoms with E-state index in [9.17, 15) is 14.7 Å². The van der Waals surface area contributed by atoms with Crippen LogP contribution in [0.5, 0.6) is 0 Å². The Morgan fingerprint density at radius 1 is 1.52 bits per heavy atom. The van der Waals surface area contributed by atoms with Gasteiger partial charge in [-0.15, -0.1) is 0 Å². The highest BCUT2D eigenvalue weighted by Gasteiger charge is 2.29. The standard InChI is InChI=1S/C15H22N2O4/c1-10(16-14(19)13-7-4-8-21-13)15(20)17(2)9-11-5-3-6-12(11)18/h4,7-8,10-12,18H,3,5-6,9H2,1-2H3,(H,16,19). The van der Waals surface area contributed by atoms with E-state index in [1.54, 1.807) is 31.0 Å². The van der Waals surface area contributed by atoms with Crippen LogP contribution in [0, 0.1) is 5.92 Å². The highest BCUT2D eigenvalue weighted by molar-refractivity contribution is 5.95. The zero-order chi connectivity index (χ0) is 15.4. The number of aliphatic hydroxyl groups excluding tert-OH is 1. The lowest BCUT2D eigenvalue weighted by Gasteiger charge is -2.26. The fourth-order valence-corrected chi connectivity index (χ4v) is 2.74. The van der Waals surface area contributed by atoms with Gasteiger partial charge < -0.3 is 19.7 Å². The Morgan fingerprint density at radius 2 is 2.29 bits per heavy atom. The van der Waals surface area contributed by atoms with E-state index in [2.05, 4.69) is 5.32 Å². The Labute approximate surface area is 124 Å². The van der Waals surface area contributed by atoms with E-state index in [0.29, 0.717) is 6.54 Å². The SMILES string of the molecule is CC(NC(=O)c1ccco1)C(=O)N(C)CC1CCCC1O. The molecule has 1 aromatic rings. The van der Waals surface area contributed by atoms with Crippen molar-refractivity contribution in [2.45, 2.75) is 38.3 Å². The van der Waals surface area contributed by atoms with Crippen molar-refractivity contribution in [3.05, 3.63) is 24.2 Å². The lowest BCUT2D eigenvalue weighted by Crippen LogP contribution is -2.47. The van der Waals surface area contributed by atoms with Gasteiger partial charge in [0, 0.05) is 19.5 Å². The molecule has 0 saturated heterocycles. The maximum absolute atomic E-state index is 12.2. The monoisotopic (exact) mass is 294 g/mol. The highest BCUT2D eigenvalue weighted by atomic mass is 16.3. The first-order valence-electron chi connectivity index (χ1n) is 7.26. The minimum absolute atomic E-state index is 0.131. The quantitative estimate of drug-likeness (QED) is 0.849. The number of aliphatic hydroxyl groups is 1. The maximum atomic E-state index is 12.2. The van der Waals surface area contributed by atoms with Crippen LogP contribution in [0.3, 0.4) is 0 Å². The Hall–Kier alpha value is -1.82. The van der Waals surface area contributed by atoms with E-state index in [0.717, 1.165) is 19.3 Å². The summed E-state index contributed by atoms with van der Waals surface area (Å²) in [6.45, 7) is 2.16. The Kier molecular flexibility index (Phi) is 5.01. The van der Waals surface area contributed by atoms with Crippen LogP contribution in [0.15, 0.2) is 22.8 Å². The van der Waals surface area contributed by atoms with Gasteiger partial charge in [-0.3, -0.25) is 9.59 Å². The van der Waals surface area contributed by atoms with Crippen molar-refractivity contribution in [3.8, 4) is 0 Å². The summed E-state index contributed by atoms with van der Waals surface area (Å²) in [4.78, 5) is 25.6. The van der Waals surface area contributed by atoms with Gasteiger partial charge in [-0.05, 0) is 31.9 Å². The second-order valence-corrected chi connectivity index (χ2v) is 5.65. The molecule has 116 valence electrons. The zero-order valence-corrected chi connectivity index (χ0v) is 12.4. The third-order valence-electron chi connectivity index (χ3n) is 3.97. The molecule has 0 bridgehead atoms. The minimum Gasteiger partial charge on any atom is -0.459 e. The molecule has 1 aliphatic carbocycles. The van der Waals surface area contributed by atoms with Crippen molar-refractivity contribution < 1.29 is 19.1 Å². The molecule has 21 heavy (non-hydrogen) atoms. The molecule has 1 aromatic heterocycles. The van der Waals surface area contributed by atoms with E-state index < -0.39 is 11.9 Å². The van der Waals surface area contributed by atoms with Gasteiger partial charge in [-0.2, -0.15) is 0 Å². The summed E-state index contributed by atoms with van der Waals surface area (Å²) in [5.41, 5.74) is 0. The number of rotatable bonds is 5. The predicted octanol–water partition coefficient (Wildman–Crippen LogP) is 1.02. The highest BCUT2D eigenvalue weighted by Crippen LogP contribution is 2.26. The number of likely N-dealkylation sites (N-methyl/N-ethyl adjacent to an activating group) is 1. The molecule has 1 aliphatic rings. The number of carbonyl (C=O) groups excluding carboxylic acids is 2. The smallest absolute Gasteiger partial charge is 0.287 e. The number of carbonyl (C=O) groups is 2. The van der Waals surface area contributed by atoms with E-state index >= 15 is 0 Å². The summed E-state index contributed by atoms with van der Waals surface area (Å²) in [5.74, 6) is -0.264. The van der Waals surface area contributed by atoms with Crippen molar-refractivity contribution in [1.29, 1.82) is 0 Å². The molecule has 2 rings (SSSR count). The molecule has 3 atom stereocenters. The summed E-state index contributed by atoms with van der Waals surface area (Å²) in [6.07, 6.45) is 3.82. The van der Waals surface area contributed by atoms with Crippen LogP contribution in [0.25, 0.3) is 0 Å². The van der Waals surface area contributed by atoms with Crippen LogP contribution in [-0.4, -0.2) is 47.6 Å². The van der Waals surface area contributed by atoms with Crippen molar-refractivity contribution in [2.75, 3.05) is 13.6 Å². The summed E-state index contributed by atoms with van der Waals surface area (Å²) >= 11 is 0. The van der Waals surface area contributed by atoms with Gasteiger partial charge in [-0.1, -0.05) is 6.42 Å². The van der Waals surface area contributed by atoms with Gasteiger partial charge >= 0.3 is 0 Å². The van der Waals surface area contributed by atoms with Crippen LogP contribution in [-0.2, 0) is 4.79 Å². The molecule has 0 aliphatic heterocycles. The summed E-state index contributed by atoms with van der Waals surface area (Å²) in [6, 6.07) is 2.53. The zero-order valence-electron chi connectivity index (χ0n) is 12.4. The van der Waals surface area contributed by atoms with Gasteiger partial charge in [0.2, 0.25) is 5.91 Å². The molecule has 1 fully saturated rings. The van der Waals surface area contributed by atoms with Crippen LogP contribution in [0.4, 0.5) is 0 Å². The third kappa shape index (κ3) is 3.85. The molecule has 1 heterocycles. The fraction of sp³-hybridized carbons (Fsp3) is 0.600. The molecule has 6 heteroatoms. The first-order chi connectivity index (χ1) is 9.99. The van der Waals surface area contributed by atoms with E-state index in [4.69, 9.17) is 4.42 Å². The predicted molar refractivity (Wildman–Crippen MR) is 76.6 cm³/mol. The van der Waals surface area contributed by atoms with Gasteiger partial charge in [0.25, 0.3) is 5.91 Å². The Balaban J connectivity index is 1.85. The van der Waals surface area contributed by atoms with Crippen LogP contribution in [0.1, 0.15) is 36.7 Å². The fourth-order valence-electron chi connectivity index (χ4n) is 2.74. The summed E-state index contributed by atoms with van der Waals surface area (Å²) in [7, 11) is 1.70. The molecule has 2 N–H and O–H groups in total. The van der Waals surface area contributed by atoms with E-state index in [-0.39, 0.29) is 23.7 Å². The largest absolute Gasteiger partial charge is 0.459 e. The van der Waals surface area contributed by atoms with Gasteiger partial charge in [0.1, 0.15) is 6.04 Å².